The van der Waals surface area contributed by atoms with Gasteiger partial charge in [0, 0.05) is 16.8 Å². The van der Waals surface area contributed by atoms with Gasteiger partial charge in [-0.25, -0.2) is 4.98 Å². The van der Waals surface area contributed by atoms with E-state index in [0.717, 1.165) is 34.2 Å². The third-order valence-electron chi connectivity index (χ3n) is 2.86. The Morgan fingerprint density at radius 1 is 1.48 bits per heavy atom. The highest BCUT2D eigenvalue weighted by Gasteiger charge is 2.06. The number of halogens is 1. The molecule has 0 aliphatic heterocycles. The second-order valence-electron chi connectivity index (χ2n) is 4.67. The number of aliphatic carboxylic acids is 1. The molecule has 6 heteroatoms. The van der Waals surface area contributed by atoms with E-state index >= 15 is 0 Å². The maximum atomic E-state index is 10.6. The van der Waals surface area contributed by atoms with Crippen molar-refractivity contribution in [3.63, 3.8) is 0 Å². The Hall–Kier alpha value is -1.59. The Kier molecular flexibility index (Phi) is 5.59. The number of ether oxygens (including phenoxy) is 1. The summed E-state index contributed by atoms with van der Waals surface area (Å²) in [5.41, 5.74) is 1.61. The monoisotopic (exact) mass is 325 g/mol. The first-order valence-electron chi connectivity index (χ1n) is 6.58. The van der Waals surface area contributed by atoms with Crippen molar-refractivity contribution < 1.29 is 14.6 Å². The third kappa shape index (κ3) is 5.02. The number of benzene rings is 1. The van der Waals surface area contributed by atoms with Gasteiger partial charge in [0.2, 0.25) is 0 Å². The van der Waals surface area contributed by atoms with Crippen molar-refractivity contribution in [3.05, 3.63) is 44.9 Å². The Labute approximate surface area is 132 Å². The number of aryl methyl sites for hydroxylation is 2. The zero-order valence-corrected chi connectivity index (χ0v) is 13.2. The molecule has 0 spiro atoms. The summed E-state index contributed by atoms with van der Waals surface area (Å²) in [7, 11) is 0. The summed E-state index contributed by atoms with van der Waals surface area (Å²) in [5.74, 6) is -0.0455. The van der Waals surface area contributed by atoms with E-state index in [1.807, 2.05) is 25.1 Å². The van der Waals surface area contributed by atoms with E-state index in [0.29, 0.717) is 12.3 Å². The molecule has 112 valence electrons. The molecule has 0 saturated carbocycles. The number of hydrogen-bond donors (Lipinski definition) is 1. The number of rotatable bonds is 7. The molecule has 0 bridgehead atoms. The van der Waals surface area contributed by atoms with E-state index in [4.69, 9.17) is 21.4 Å². The fourth-order valence-electron chi connectivity index (χ4n) is 1.82. The van der Waals surface area contributed by atoms with Gasteiger partial charge in [0.1, 0.15) is 5.75 Å². The molecule has 0 fully saturated rings. The molecule has 1 aromatic heterocycles. The van der Waals surface area contributed by atoms with Gasteiger partial charge in [0.05, 0.1) is 23.7 Å². The predicted molar refractivity (Wildman–Crippen MR) is 83.5 cm³/mol. The molecule has 2 aromatic rings. The van der Waals surface area contributed by atoms with Gasteiger partial charge in [-0.15, -0.1) is 11.3 Å². The predicted octanol–water partition coefficient (Wildman–Crippen LogP) is 3.74. The molecule has 0 saturated heterocycles. The van der Waals surface area contributed by atoms with E-state index in [1.54, 1.807) is 5.38 Å². The Balaban J connectivity index is 1.75. The highest BCUT2D eigenvalue weighted by molar-refractivity contribution is 7.09. The molecule has 1 N–H and O–H groups in total. The average molecular weight is 326 g/mol. The van der Waals surface area contributed by atoms with Crippen LogP contribution >= 0.6 is 22.9 Å². The van der Waals surface area contributed by atoms with Crippen LogP contribution in [-0.2, 0) is 17.6 Å². The highest BCUT2D eigenvalue weighted by Crippen LogP contribution is 2.21. The summed E-state index contributed by atoms with van der Waals surface area (Å²) < 4.78 is 5.66. The number of carboxylic acids is 1. The number of nitrogens with zero attached hydrogens (tertiary/aromatic N) is 1. The molecule has 0 amide bonds. The normalized spacial score (nSPS) is 10.6. The number of carbonyl (C=O) groups is 1. The lowest BCUT2D eigenvalue weighted by Gasteiger charge is -2.07. The lowest BCUT2D eigenvalue weighted by Crippen LogP contribution is -2.01. The van der Waals surface area contributed by atoms with Crippen LogP contribution < -0.4 is 4.74 Å². The van der Waals surface area contributed by atoms with Crippen LogP contribution in [-0.4, -0.2) is 22.7 Å². The SMILES string of the molecule is Cc1cc(OCCCc2nc(CC(=O)O)cs2)ccc1Cl. The standard InChI is InChI=1S/C15H16ClNO3S/c1-10-7-12(4-5-13(10)16)20-6-2-3-14-17-11(9-21-14)8-15(18)19/h4-5,7,9H,2-3,6,8H2,1H3,(H,18,19). The topological polar surface area (TPSA) is 59.4 Å². The van der Waals surface area contributed by atoms with E-state index < -0.39 is 5.97 Å². The first kappa shape index (κ1) is 15.8. The maximum absolute atomic E-state index is 10.6. The average Bonchev–Trinajstić information content (AvgIpc) is 2.85. The first-order chi connectivity index (χ1) is 10.0. The lowest BCUT2D eigenvalue weighted by atomic mass is 10.2. The summed E-state index contributed by atoms with van der Waals surface area (Å²) in [6.45, 7) is 2.53. The summed E-state index contributed by atoms with van der Waals surface area (Å²) in [6, 6.07) is 5.59. The Morgan fingerprint density at radius 3 is 3.00 bits per heavy atom. The van der Waals surface area contributed by atoms with Crippen LogP contribution in [0.15, 0.2) is 23.6 Å². The molecular weight excluding hydrogens is 310 g/mol. The molecule has 21 heavy (non-hydrogen) atoms. The summed E-state index contributed by atoms with van der Waals surface area (Å²) >= 11 is 7.45. The van der Waals surface area contributed by atoms with E-state index in [9.17, 15) is 4.79 Å². The molecule has 1 aromatic carbocycles. The van der Waals surface area contributed by atoms with Gasteiger partial charge in [-0.2, -0.15) is 0 Å². The van der Waals surface area contributed by atoms with Gasteiger partial charge in [0.15, 0.2) is 0 Å². The van der Waals surface area contributed by atoms with Gasteiger partial charge in [0.25, 0.3) is 0 Å². The third-order valence-corrected chi connectivity index (χ3v) is 4.25. The smallest absolute Gasteiger partial charge is 0.309 e. The van der Waals surface area contributed by atoms with Gasteiger partial charge in [-0.3, -0.25) is 4.79 Å². The number of hydrogen-bond acceptors (Lipinski definition) is 4. The molecule has 0 atom stereocenters. The molecular formula is C15H16ClNO3S. The van der Waals surface area contributed by atoms with E-state index in [-0.39, 0.29) is 6.42 Å². The van der Waals surface area contributed by atoms with Crippen LogP contribution in [0.4, 0.5) is 0 Å². The van der Waals surface area contributed by atoms with Crippen molar-refractivity contribution in [2.45, 2.75) is 26.2 Å². The van der Waals surface area contributed by atoms with Gasteiger partial charge < -0.3 is 9.84 Å². The summed E-state index contributed by atoms with van der Waals surface area (Å²) in [5, 5.41) is 12.2. The fraction of sp³-hybridized carbons (Fsp3) is 0.333. The Bertz CT molecular complexity index is 627. The van der Waals surface area contributed by atoms with Crippen molar-refractivity contribution in [1.82, 2.24) is 4.98 Å². The van der Waals surface area contributed by atoms with Gasteiger partial charge >= 0.3 is 5.97 Å². The zero-order valence-electron chi connectivity index (χ0n) is 11.6. The number of carboxylic acid groups (broad SMARTS) is 1. The van der Waals surface area contributed by atoms with Crippen molar-refractivity contribution in [3.8, 4) is 5.75 Å². The van der Waals surface area contributed by atoms with Crippen molar-refractivity contribution in [1.29, 1.82) is 0 Å². The zero-order chi connectivity index (χ0) is 15.2. The second kappa shape index (κ2) is 7.43. The summed E-state index contributed by atoms with van der Waals surface area (Å²) in [6.07, 6.45) is 1.61. The highest BCUT2D eigenvalue weighted by atomic mass is 35.5. The fourth-order valence-corrected chi connectivity index (χ4v) is 2.78. The molecule has 0 radical (unpaired) electrons. The minimum atomic E-state index is -0.853. The van der Waals surface area contributed by atoms with E-state index in [2.05, 4.69) is 4.98 Å². The van der Waals surface area contributed by atoms with Crippen molar-refractivity contribution in [2.75, 3.05) is 6.61 Å². The van der Waals surface area contributed by atoms with Crippen LogP contribution in [0.5, 0.6) is 5.75 Å². The molecule has 1 heterocycles. The molecule has 2 rings (SSSR count). The quantitative estimate of drug-likeness (QED) is 0.788. The van der Waals surface area contributed by atoms with E-state index in [1.165, 1.54) is 11.3 Å². The van der Waals surface area contributed by atoms with Crippen LogP contribution in [0.1, 0.15) is 22.7 Å². The van der Waals surface area contributed by atoms with Crippen LogP contribution in [0, 0.1) is 6.92 Å². The van der Waals surface area contributed by atoms with Crippen molar-refractivity contribution in [2.24, 2.45) is 0 Å². The van der Waals surface area contributed by atoms with Gasteiger partial charge in [-0.1, -0.05) is 11.6 Å². The molecule has 0 unspecified atom stereocenters. The van der Waals surface area contributed by atoms with Crippen molar-refractivity contribution >= 4 is 28.9 Å². The first-order valence-corrected chi connectivity index (χ1v) is 7.84. The number of aromatic nitrogens is 1. The Morgan fingerprint density at radius 2 is 2.29 bits per heavy atom. The largest absolute Gasteiger partial charge is 0.494 e. The lowest BCUT2D eigenvalue weighted by molar-refractivity contribution is -0.136. The maximum Gasteiger partial charge on any atom is 0.309 e. The molecule has 4 nitrogen and oxygen atoms in total. The summed E-state index contributed by atoms with van der Waals surface area (Å²) in [4.78, 5) is 14.9. The van der Waals surface area contributed by atoms with Gasteiger partial charge in [-0.05, 0) is 37.1 Å². The van der Waals surface area contributed by atoms with Crippen LogP contribution in [0.25, 0.3) is 0 Å². The molecule has 0 aliphatic rings. The minimum Gasteiger partial charge on any atom is -0.494 e. The minimum absolute atomic E-state index is 0.0168. The second-order valence-corrected chi connectivity index (χ2v) is 6.02. The number of thiazole rings is 1. The van der Waals surface area contributed by atoms with Crippen LogP contribution in [0.2, 0.25) is 5.02 Å². The van der Waals surface area contributed by atoms with Crippen LogP contribution in [0.3, 0.4) is 0 Å². The molecule has 0 aliphatic carbocycles.